The zero-order valence-corrected chi connectivity index (χ0v) is 8.12. The Morgan fingerprint density at radius 3 is 3.00 bits per heavy atom. The molecule has 0 unspecified atom stereocenters. The molecule has 2 aromatic rings. The molecule has 1 heterocycles. The van der Waals surface area contributed by atoms with Crippen molar-refractivity contribution in [3.8, 4) is 5.75 Å². The molecule has 0 atom stereocenters. The van der Waals surface area contributed by atoms with Gasteiger partial charge in [-0.3, -0.25) is 0 Å². The van der Waals surface area contributed by atoms with Gasteiger partial charge in [0.15, 0.2) is 11.3 Å². The highest BCUT2D eigenvalue weighted by Gasteiger charge is 2.08. The lowest BCUT2D eigenvalue weighted by Gasteiger charge is -2.02. The molecule has 0 aliphatic heterocycles. The molecule has 2 N–H and O–H groups in total. The first-order chi connectivity index (χ1) is 6.86. The van der Waals surface area contributed by atoms with Crippen LogP contribution in [0, 0.1) is 0 Å². The fourth-order valence-electron chi connectivity index (χ4n) is 1.51. The van der Waals surface area contributed by atoms with E-state index < -0.39 is 0 Å². The van der Waals surface area contributed by atoms with Crippen LogP contribution in [0.1, 0.15) is 12.5 Å². The fraction of sp³-hybridized carbons (Fsp3) is 0.273. The quantitative estimate of drug-likeness (QED) is 0.809. The number of hydrogen-bond acceptors (Lipinski definition) is 3. The lowest BCUT2D eigenvalue weighted by molar-refractivity contribution is 0.338. The Labute approximate surface area is 82.5 Å². The highest BCUT2D eigenvalue weighted by atomic mass is 16.5. The van der Waals surface area contributed by atoms with Gasteiger partial charge in [0.05, 0.1) is 12.9 Å². The molecule has 3 heteroatoms. The van der Waals surface area contributed by atoms with E-state index in [4.69, 9.17) is 14.9 Å². The van der Waals surface area contributed by atoms with Gasteiger partial charge in [-0.1, -0.05) is 12.1 Å². The summed E-state index contributed by atoms with van der Waals surface area (Å²) in [5.74, 6) is 0.782. The summed E-state index contributed by atoms with van der Waals surface area (Å²) in [6.45, 7) is 3.08. The van der Waals surface area contributed by atoms with E-state index in [9.17, 15) is 0 Å². The Bertz CT molecular complexity index is 434. The van der Waals surface area contributed by atoms with Crippen molar-refractivity contribution < 1.29 is 9.15 Å². The molecule has 0 fully saturated rings. The Hall–Kier alpha value is -1.48. The van der Waals surface area contributed by atoms with E-state index in [1.165, 1.54) is 0 Å². The number of hydrogen-bond donors (Lipinski definition) is 1. The van der Waals surface area contributed by atoms with Gasteiger partial charge in [0.2, 0.25) is 0 Å². The summed E-state index contributed by atoms with van der Waals surface area (Å²) < 4.78 is 10.9. The van der Waals surface area contributed by atoms with Crippen molar-refractivity contribution in [1.29, 1.82) is 0 Å². The molecule has 74 valence electrons. The number of nitrogens with two attached hydrogens (primary N) is 1. The average Bonchev–Trinajstić information content (AvgIpc) is 2.62. The van der Waals surface area contributed by atoms with E-state index in [0.29, 0.717) is 13.2 Å². The summed E-state index contributed by atoms with van der Waals surface area (Å²) in [5.41, 5.74) is 7.39. The van der Waals surface area contributed by atoms with E-state index in [2.05, 4.69) is 0 Å². The minimum atomic E-state index is 0.489. The lowest BCUT2D eigenvalue weighted by Crippen LogP contribution is -1.94. The van der Waals surface area contributed by atoms with Gasteiger partial charge in [0.25, 0.3) is 0 Å². The molecule has 0 amide bonds. The first-order valence-electron chi connectivity index (χ1n) is 4.68. The second-order valence-corrected chi connectivity index (χ2v) is 3.03. The molecule has 0 bridgehead atoms. The van der Waals surface area contributed by atoms with E-state index in [1.807, 2.05) is 25.1 Å². The number of rotatable bonds is 3. The maximum absolute atomic E-state index is 5.58. The summed E-state index contributed by atoms with van der Waals surface area (Å²) in [5, 5.41) is 1.04. The first kappa shape index (κ1) is 9.09. The summed E-state index contributed by atoms with van der Waals surface area (Å²) in [7, 11) is 0. The van der Waals surface area contributed by atoms with E-state index >= 15 is 0 Å². The van der Waals surface area contributed by atoms with Crippen molar-refractivity contribution in [2.75, 3.05) is 6.61 Å². The van der Waals surface area contributed by atoms with E-state index in [1.54, 1.807) is 6.26 Å². The van der Waals surface area contributed by atoms with Crippen molar-refractivity contribution in [2.24, 2.45) is 5.73 Å². The highest BCUT2D eigenvalue weighted by molar-refractivity contribution is 5.86. The van der Waals surface area contributed by atoms with Crippen LogP contribution < -0.4 is 10.5 Å². The molecule has 2 rings (SSSR count). The van der Waals surface area contributed by atoms with Gasteiger partial charge in [-0.25, -0.2) is 0 Å². The highest BCUT2D eigenvalue weighted by Crippen LogP contribution is 2.29. The lowest BCUT2D eigenvalue weighted by atomic mass is 10.2. The second kappa shape index (κ2) is 3.72. The molecule has 3 nitrogen and oxygen atoms in total. The molecular weight excluding hydrogens is 178 g/mol. The number of furan rings is 1. The van der Waals surface area contributed by atoms with Crippen molar-refractivity contribution in [3.05, 3.63) is 30.0 Å². The van der Waals surface area contributed by atoms with Gasteiger partial charge >= 0.3 is 0 Å². The minimum Gasteiger partial charge on any atom is -0.490 e. The zero-order chi connectivity index (χ0) is 9.97. The standard InChI is InChI=1S/C11H13NO2/c1-2-13-10-5-3-4-9-8(6-12)7-14-11(9)10/h3-5,7H,2,6,12H2,1H3. The number of fused-ring (bicyclic) bond motifs is 1. The maximum atomic E-state index is 5.58. The average molecular weight is 191 g/mol. The molecule has 0 saturated heterocycles. The predicted octanol–water partition coefficient (Wildman–Crippen LogP) is 2.29. The number of ether oxygens (including phenoxy) is 1. The molecule has 0 saturated carbocycles. The van der Waals surface area contributed by atoms with E-state index in [-0.39, 0.29) is 0 Å². The second-order valence-electron chi connectivity index (χ2n) is 3.03. The van der Waals surface area contributed by atoms with Gasteiger partial charge in [-0.05, 0) is 13.0 Å². The van der Waals surface area contributed by atoms with Crippen LogP contribution in [0.15, 0.2) is 28.9 Å². The molecule has 1 aromatic carbocycles. The van der Waals surface area contributed by atoms with Crippen molar-refractivity contribution in [2.45, 2.75) is 13.5 Å². The fourth-order valence-corrected chi connectivity index (χ4v) is 1.51. The van der Waals surface area contributed by atoms with Crippen molar-refractivity contribution >= 4 is 11.0 Å². The molecule has 0 aliphatic carbocycles. The predicted molar refractivity (Wildman–Crippen MR) is 55.3 cm³/mol. The van der Waals surface area contributed by atoms with Crippen LogP contribution in [0.3, 0.4) is 0 Å². The monoisotopic (exact) mass is 191 g/mol. The van der Waals surface area contributed by atoms with Crippen LogP contribution in [0.2, 0.25) is 0 Å². The van der Waals surface area contributed by atoms with Crippen molar-refractivity contribution in [3.63, 3.8) is 0 Å². The summed E-state index contributed by atoms with van der Waals surface area (Å²) in [6.07, 6.45) is 1.69. The summed E-state index contributed by atoms with van der Waals surface area (Å²) >= 11 is 0. The van der Waals surface area contributed by atoms with Crippen LogP contribution in [0.25, 0.3) is 11.0 Å². The van der Waals surface area contributed by atoms with Crippen LogP contribution in [0.4, 0.5) is 0 Å². The normalized spacial score (nSPS) is 10.7. The number of para-hydroxylation sites is 1. The maximum Gasteiger partial charge on any atom is 0.176 e. The van der Waals surface area contributed by atoms with Gasteiger partial charge in [0, 0.05) is 17.5 Å². The van der Waals surface area contributed by atoms with Crippen molar-refractivity contribution in [1.82, 2.24) is 0 Å². The largest absolute Gasteiger partial charge is 0.490 e. The molecule has 0 spiro atoms. The minimum absolute atomic E-state index is 0.489. The Balaban J connectivity index is 2.58. The van der Waals surface area contributed by atoms with Crippen LogP contribution in [0.5, 0.6) is 5.75 Å². The SMILES string of the molecule is CCOc1cccc2c(CN)coc12. The third kappa shape index (κ3) is 1.36. The molecule has 0 aliphatic rings. The molecule has 14 heavy (non-hydrogen) atoms. The third-order valence-electron chi connectivity index (χ3n) is 2.16. The van der Waals surface area contributed by atoms with Gasteiger partial charge in [-0.15, -0.1) is 0 Å². The Kier molecular flexibility index (Phi) is 2.41. The molecule has 1 aromatic heterocycles. The van der Waals surface area contributed by atoms with E-state index in [0.717, 1.165) is 22.3 Å². The Morgan fingerprint density at radius 2 is 2.29 bits per heavy atom. The zero-order valence-electron chi connectivity index (χ0n) is 8.12. The smallest absolute Gasteiger partial charge is 0.176 e. The number of benzene rings is 1. The van der Waals surface area contributed by atoms with Crippen LogP contribution in [-0.2, 0) is 6.54 Å². The van der Waals surface area contributed by atoms with Gasteiger partial charge < -0.3 is 14.9 Å². The third-order valence-corrected chi connectivity index (χ3v) is 2.16. The Morgan fingerprint density at radius 1 is 1.43 bits per heavy atom. The molecular formula is C11H13NO2. The summed E-state index contributed by atoms with van der Waals surface area (Å²) in [4.78, 5) is 0. The summed E-state index contributed by atoms with van der Waals surface area (Å²) in [6, 6.07) is 5.83. The van der Waals surface area contributed by atoms with Crippen LogP contribution in [-0.4, -0.2) is 6.61 Å². The molecule has 0 radical (unpaired) electrons. The first-order valence-corrected chi connectivity index (χ1v) is 4.68. The van der Waals surface area contributed by atoms with Crippen LogP contribution >= 0.6 is 0 Å². The van der Waals surface area contributed by atoms with Gasteiger partial charge in [0.1, 0.15) is 0 Å². The van der Waals surface area contributed by atoms with Gasteiger partial charge in [-0.2, -0.15) is 0 Å². The topological polar surface area (TPSA) is 48.4 Å².